The molecule has 0 atom stereocenters. The quantitative estimate of drug-likeness (QED) is 0.332. The maximum absolute atomic E-state index is 10.8. The van der Waals surface area contributed by atoms with Crippen LogP contribution < -0.4 is 11.3 Å². The molecule has 0 fully saturated rings. The topological polar surface area (TPSA) is 72.9 Å². The monoisotopic (exact) mass is 406 g/mol. The number of hydrazine groups is 1. The summed E-state index contributed by atoms with van der Waals surface area (Å²) in [5.41, 5.74) is 2.08. The van der Waals surface area contributed by atoms with Crippen molar-refractivity contribution in [3.8, 4) is 0 Å². The van der Waals surface area contributed by atoms with Crippen LogP contribution in [-0.2, 0) is 11.3 Å². The number of hydrogen-bond donors (Lipinski definition) is 2. The van der Waals surface area contributed by atoms with Gasteiger partial charge in [-0.25, -0.2) is 10.8 Å². The Kier molecular flexibility index (Phi) is 4.38. The van der Waals surface area contributed by atoms with Gasteiger partial charge in [-0.05, 0) is 45.2 Å². The number of aryl methyl sites for hydroxylation is 1. The van der Waals surface area contributed by atoms with Gasteiger partial charge in [-0.1, -0.05) is 0 Å². The van der Waals surface area contributed by atoms with Gasteiger partial charge in [0.25, 0.3) is 0 Å². The summed E-state index contributed by atoms with van der Waals surface area (Å²) in [5, 5.41) is 0. The smallest absolute Gasteiger partial charge is 0.235 e. The van der Waals surface area contributed by atoms with E-state index in [2.05, 4.69) is 55.6 Å². The fraction of sp³-hybridized carbons (Fsp3) is 0.333. The molecule has 72 valence electrons. The fourth-order valence-corrected chi connectivity index (χ4v) is 1.73. The summed E-state index contributed by atoms with van der Waals surface area (Å²) in [6.45, 7) is 0.608. The summed E-state index contributed by atoms with van der Waals surface area (Å²) < 4.78 is 3.91. The number of aromatic nitrogens is 2. The number of rotatable bonds is 3. The minimum absolute atomic E-state index is 0.167. The van der Waals surface area contributed by atoms with E-state index < -0.39 is 0 Å². The highest BCUT2D eigenvalue weighted by Gasteiger charge is 2.05. The minimum atomic E-state index is -0.167. The van der Waals surface area contributed by atoms with Crippen LogP contribution in [0.15, 0.2) is 6.33 Å². The van der Waals surface area contributed by atoms with E-state index in [4.69, 9.17) is 5.84 Å². The molecule has 0 saturated carbocycles. The lowest BCUT2D eigenvalue weighted by atomic mass is 10.4. The molecule has 0 bridgehead atoms. The van der Waals surface area contributed by atoms with Crippen molar-refractivity contribution in [3.63, 3.8) is 0 Å². The molecule has 0 aliphatic rings. The minimum Gasteiger partial charge on any atom is -0.325 e. The SMILES string of the molecule is NNC(=O)CCn1cnc(I)c1I. The lowest BCUT2D eigenvalue weighted by Gasteiger charge is -2.02. The Morgan fingerprint density at radius 1 is 1.69 bits per heavy atom. The van der Waals surface area contributed by atoms with Crippen molar-refractivity contribution in [2.45, 2.75) is 13.0 Å². The average Bonchev–Trinajstić information content (AvgIpc) is 2.44. The van der Waals surface area contributed by atoms with Crippen LogP contribution in [0.1, 0.15) is 6.42 Å². The van der Waals surface area contributed by atoms with E-state index in [1.165, 1.54) is 0 Å². The molecule has 1 aromatic rings. The number of imidazole rings is 1. The van der Waals surface area contributed by atoms with Gasteiger partial charge in [0.2, 0.25) is 5.91 Å². The van der Waals surface area contributed by atoms with Crippen molar-refractivity contribution in [2.75, 3.05) is 0 Å². The molecule has 3 N–H and O–H groups in total. The number of amides is 1. The summed E-state index contributed by atoms with van der Waals surface area (Å²) in [6.07, 6.45) is 2.09. The van der Waals surface area contributed by atoms with Crippen molar-refractivity contribution in [1.82, 2.24) is 15.0 Å². The Bertz CT molecular complexity index is 312. The largest absolute Gasteiger partial charge is 0.325 e. The van der Waals surface area contributed by atoms with Crippen LogP contribution >= 0.6 is 45.2 Å². The van der Waals surface area contributed by atoms with E-state index >= 15 is 0 Å². The molecule has 0 radical (unpaired) electrons. The van der Waals surface area contributed by atoms with Gasteiger partial charge in [0.1, 0.15) is 7.40 Å². The summed E-state index contributed by atoms with van der Waals surface area (Å²) in [6, 6.07) is 0. The highest BCUT2D eigenvalue weighted by molar-refractivity contribution is 14.1. The first-order valence-electron chi connectivity index (χ1n) is 3.50. The molecule has 0 spiro atoms. The molecular weight excluding hydrogens is 398 g/mol. The third kappa shape index (κ3) is 3.06. The van der Waals surface area contributed by atoms with Crippen molar-refractivity contribution in [1.29, 1.82) is 0 Å². The Labute approximate surface area is 103 Å². The van der Waals surface area contributed by atoms with Gasteiger partial charge in [0.15, 0.2) is 0 Å². The highest BCUT2D eigenvalue weighted by Crippen LogP contribution is 2.12. The van der Waals surface area contributed by atoms with Crippen molar-refractivity contribution in [2.24, 2.45) is 5.84 Å². The average molecular weight is 406 g/mol. The number of nitrogens with two attached hydrogens (primary N) is 1. The number of nitrogens with one attached hydrogen (secondary N) is 1. The van der Waals surface area contributed by atoms with Gasteiger partial charge in [0, 0.05) is 13.0 Å². The molecule has 0 aliphatic heterocycles. The lowest BCUT2D eigenvalue weighted by Crippen LogP contribution is -2.30. The molecule has 1 heterocycles. The zero-order chi connectivity index (χ0) is 9.84. The molecule has 0 unspecified atom stereocenters. The molecule has 0 aliphatic carbocycles. The van der Waals surface area contributed by atoms with E-state index in [1.807, 2.05) is 4.57 Å². The normalized spacial score (nSPS) is 10.1. The maximum Gasteiger partial charge on any atom is 0.235 e. The first-order valence-corrected chi connectivity index (χ1v) is 5.66. The summed E-state index contributed by atoms with van der Waals surface area (Å²) in [5.74, 6) is 4.78. The van der Waals surface area contributed by atoms with E-state index in [0.717, 1.165) is 7.40 Å². The molecule has 0 aromatic carbocycles. The Morgan fingerprint density at radius 2 is 2.38 bits per heavy atom. The van der Waals surface area contributed by atoms with Crippen LogP contribution in [-0.4, -0.2) is 15.5 Å². The van der Waals surface area contributed by atoms with Crippen LogP contribution in [0.2, 0.25) is 0 Å². The van der Waals surface area contributed by atoms with Gasteiger partial charge >= 0.3 is 0 Å². The maximum atomic E-state index is 10.8. The van der Waals surface area contributed by atoms with Crippen LogP contribution in [0.5, 0.6) is 0 Å². The number of hydrogen-bond acceptors (Lipinski definition) is 3. The standard InChI is InChI=1S/C6H8I2N4O/c7-5-6(8)12(3-10-5)2-1-4(13)11-9/h3H,1-2,9H2,(H,11,13). The second kappa shape index (κ2) is 5.10. The predicted octanol–water partition coefficient (Wildman–Crippen LogP) is 0.472. The van der Waals surface area contributed by atoms with Crippen LogP contribution in [0, 0.1) is 7.40 Å². The third-order valence-electron chi connectivity index (χ3n) is 1.47. The fourth-order valence-electron chi connectivity index (χ4n) is 0.793. The predicted molar refractivity (Wildman–Crippen MR) is 64.6 cm³/mol. The van der Waals surface area contributed by atoms with Gasteiger partial charge < -0.3 is 4.57 Å². The number of carbonyl (C=O) groups excluding carboxylic acids is 1. The number of nitrogens with zero attached hydrogens (tertiary/aromatic N) is 2. The highest BCUT2D eigenvalue weighted by atomic mass is 127. The second-order valence-electron chi connectivity index (χ2n) is 2.34. The van der Waals surface area contributed by atoms with Gasteiger partial charge in [-0.2, -0.15) is 0 Å². The number of carbonyl (C=O) groups is 1. The summed E-state index contributed by atoms with van der Waals surface area (Å²) in [7, 11) is 0. The van der Waals surface area contributed by atoms with Gasteiger partial charge in [0.05, 0.1) is 6.33 Å². The van der Waals surface area contributed by atoms with E-state index in [9.17, 15) is 4.79 Å². The van der Waals surface area contributed by atoms with Crippen LogP contribution in [0.25, 0.3) is 0 Å². The Balaban J connectivity index is 2.55. The van der Waals surface area contributed by atoms with Crippen LogP contribution in [0.4, 0.5) is 0 Å². The molecule has 5 nitrogen and oxygen atoms in total. The van der Waals surface area contributed by atoms with Crippen molar-refractivity contribution >= 4 is 51.1 Å². The molecule has 0 saturated heterocycles. The van der Waals surface area contributed by atoms with Crippen LogP contribution in [0.3, 0.4) is 0 Å². The first-order chi connectivity index (χ1) is 6.15. The molecule has 7 heteroatoms. The molecule has 1 aromatic heterocycles. The zero-order valence-electron chi connectivity index (χ0n) is 6.63. The van der Waals surface area contributed by atoms with E-state index in [0.29, 0.717) is 13.0 Å². The molecule has 1 amide bonds. The van der Waals surface area contributed by atoms with Gasteiger partial charge in [-0.15, -0.1) is 0 Å². The second-order valence-corrected chi connectivity index (χ2v) is 4.38. The molecule has 1 rings (SSSR count). The van der Waals surface area contributed by atoms with Gasteiger partial charge in [-0.3, -0.25) is 10.2 Å². The van der Waals surface area contributed by atoms with Crippen molar-refractivity contribution < 1.29 is 4.79 Å². The van der Waals surface area contributed by atoms with E-state index in [-0.39, 0.29) is 5.91 Å². The Morgan fingerprint density at radius 3 is 2.85 bits per heavy atom. The first kappa shape index (κ1) is 11.2. The number of halogens is 2. The summed E-state index contributed by atoms with van der Waals surface area (Å²) in [4.78, 5) is 14.9. The lowest BCUT2D eigenvalue weighted by molar-refractivity contribution is -0.121. The Hall–Kier alpha value is 0.100. The summed E-state index contributed by atoms with van der Waals surface area (Å²) >= 11 is 4.34. The van der Waals surface area contributed by atoms with E-state index in [1.54, 1.807) is 6.33 Å². The third-order valence-corrected chi connectivity index (χ3v) is 4.43. The molecular formula is C6H8I2N4O. The zero-order valence-corrected chi connectivity index (χ0v) is 10.9. The van der Waals surface area contributed by atoms with Crippen molar-refractivity contribution in [3.05, 3.63) is 13.7 Å². The molecule has 13 heavy (non-hydrogen) atoms.